The molecule has 0 radical (unpaired) electrons. The van der Waals surface area contributed by atoms with Gasteiger partial charge in [0.25, 0.3) is 0 Å². The van der Waals surface area contributed by atoms with Gasteiger partial charge in [-0.3, -0.25) is 4.90 Å². The average Bonchev–Trinajstić information content (AvgIpc) is 3.34. The van der Waals surface area contributed by atoms with E-state index in [0.717, 1.165) is 47.3 Å². The van der Waals surface area contributed by atoms with Crippen LogP contribution in [0.2, 0.25) is 0 Å². The Morgan fingerprint density at radius 2 is 2.13 bits per heavy atom. The molecule has 1 N–H and O–H groups in total. The first-order chi connectivity index (χ1) is 14.6. The highest BCUT2D eigenvalue weighted by Crippen LogP contribution is 2.32. The first-order valence-corrected chi connectivity index (χ1v) is 11.1. The SMILES string of the molecule is CCOC(=O)c1c(C)[nH]c(-c2csc(C3CN(Cc4ccccc4)CCO3)n2)c1C. The van der Waals surface area contributed by atoms with Crippen LogP contribution in [-0.4, -0.2) is 47.1 Å². The molecule has 1 aliphatic rings. The number of aromatic amines is 1. The largest absolute Gasteiger partial charge is 0.462 e. The quantitative estimate of drug-likeness (QED) is 0.589. The summed E-state index contributed by atoms with van der Waals surface area (Å²) in [5.41, 5.74) is 5.30. The molecule has 158 valence electrons. The molecule has 1 aliphatic heterocycles. The van der Waals surface area contributed by atoms with Gasteiger partial charge in [0.2, 0.25) is 0 Å². The van der Waals surface area contributed by atoms with Gasteiger partial charge in [0.15, 0.2) is 0 Å². The number of carbonyl (C=O) groups is 1. The van der Waals surface area contributed by atoms with E-state index in [9.17, 15) is 4.79 Å². The van der Waals surface area contributed by atoms with E-state index in [0.29, 0.717) is 18.8 Å². The minimum absolute atomic E-state index is 0.0397. The third kappa shape index (κ3) is 4.33. The summed E-state index contributed by atoms with van der Waals surface area (Å²) in [6, 6.07) is 10.5. The zero-order chi connectivity index (χ0) is 21.1. The lowest BCUT2D eigenvalue weighted by atomic mass is 10.1. The maximum absolute atomic E-state index is 12.3. The maximum atomic E-state index is 12.3. The van der Waals surface area contributed by atoms with Crippen molar-refractivity contribution >= 4 is 17.3 Å². The van der Waals surface area contributed by atoms with E-state index in [-0.39, 0.29) is 12.1 Å². The number of ether oxygens (including phenoxy) is 2. The summed E-state index contributed by atoms with van der Waals surface area (Å²) in [6.07, 6.45) is -0.0397. The lowest BCUT2D eigenvalue weighted by molar-refractivity contribution is -0.0329. The normalized spacial score (nSPS) is 17.2. The lowest BCUT2D eigenvalue weighted by Gasteiger charge is -2.31. The van der Waals surface area contributed by atoms with Crippen molar-refractivity contribution in [2.75, 3.05) is 26.3 Å². The fraction of sp³-hybridized carbons (Fsp3) is 0.391. The van der Waals surface area contributed by atoms with Crippen molar-refractivity contribution in [3.63, 3.8) is 0 Å². The molecule has 0 bridgehead atoms. The van der Waals surface area contributed by atoms with Crippen molar-refractivity contribution in [3.8, 4) is 11.4 Å². The van der Waals surface area contributed by atoms with Crippen LogP contribution in [0.3, 0.4) is 0 Å². The second-order valence-corrected chi connectivity index (χ2v) is 8.39. The van der Waals surface area contributed by atoms with E-state index in [1.807, 2.05) is 32.2 Å². The number of benzene rings is 1. The van der Waals surface area contributed by atoms with Crippen molar-refractivity contribution < 1.29 is 14.3 Å². The van der Waals surface area contributed by atoms with Gasteiger partial charge in [-0.2, -0.15) is 0 Å². The number of rotatable bonds is 6. The van der Waals surface area contributed by atoms with Gasteiger partial charge in [0.05, 0.1) is 30.2 Å². The number of aromatic nitrogens is 2. The third-order valence-corrected chi connectivity index (χ3v) is 6.31. The Balaban J connectivity index is 1.50. The number of thiazole rings is 1. The highest BCUT2D eigenvalue weighted by molar-refractivity contribution is 7.10. The first-order valence-electron chi connectivity index (χ1n) is 10.3. The molecule has 2 aromatic heterocycles. The van der Waals surface area contributed by atoms with Crippen LogP contribution in [0.4, 0.5) is 0 Å². The number of hydrogen-bond donors (Lipinski definition) is 1. The topological polar surface area (TPSA) is 67.5 Å². The van der Waals surface area contributed by atoms with Crippen molar-refractivity contribution in [1.82, 2.24) is 14.9 Å². The standard InChI is InChI=1S/C23H27N3O3S/c1-4-28-23(27)20-15(2)21(24-16(20)3)18-14-30-22(25-18)19-13-26(10-11-29-19)12-17-8-6-5-7-9-17/h5-9,14,19,24H,4,10-13H2,1-3H3. The second kappa shape index (κ2) is 9.12. The van der Waals surface area contributed by atoms with E-state index in [1.165, 1.54) is 5.56 Å². The van der Waals surface area contributed by atoms with Crippen molar-refractivity contribution in [2.45, 2.75) is 33.4 Å². The van der Waals surface area contributed by atoms with Gasteiger partial charge in [-0.1, -0.05) is 30.3 Å². The molecule has 7 heteroatoms. The van der Waals surface area contributed by atoms with Gasteiger partial charge < -0.3 is 14.5 Å². The average molecular weight is 426 g/mol. The molecule has 0 spiro atoms. The van der Waals surface area contributed by atoms with Gasteiger partial charge in [-0.15, -0.1) is 11.3 Å². The van der Waals surface area contributed by atoms with Crippen LogP contribution in [0.25, 0.3) is 11.4 Å². The number of nitrogens with zero attached hydrogens (tertiary/aromatic N) is 2. The van der Waals surface area contributed by atoms with Crippen molar-refractivity contribution in [1.29, 1.82) is 0 Å². The highest BCUT2D eigenvalue weighted by Gasteiger charge is 2.26. The summed E-state index contributed by atoms with van der Waals surface area (Å²) >= 11 is 1.60. The van der Waals surface area contributed by atoms with Gasteiger partial charge in [-0.25, -0.2) is 9.78 Å². The van der Waals surface area contributed by atoms with Gasteiger partial charge in [0.1, 0.15) is 11.1 Å². The van der Waals surface area contributed by atoms with Gasteiger partial charge in [-0.05, 0) is 31.9 Å². The van der Waals surface area contributed by atoms with Gasteiger partial charge in [0, 0.05) is 30.7 Å². The van der Waals surface area contributed by atoms with Gasteiger partial charge >= 0.3 is 5.97 Å². The van der Waals surface area contributed by atoms with Crippen molar-refractivity contribution in [2.24, 2.45) is 0 Å². The zero-order valence-electron chi connectivity index (χ0n) is 17.6. The Bertz CT molecular complexity index is 1010. The molecule has 1 atom stereocenters. The Hall–Kier alpha value is -2.48. The molecule has 6 nitrogen and oxygen atoms in total. The van der Waals surface area contributed by atoms with Crippen LogP contribution in [0.5, 0.6) is 0 Å². The predicted molar refractivity (Wildman–Crippen MR) is 118 cm³/mol. The molecule has 3 aromatic rings. The maximum Gasteiger partial charge on any atom is 0.340 e. The number of esters is 1. The van der Waals surface area contributed by atoms with Crippen LogP contribution in [0, 0.1) is 13.8 Å². The number of aryl methyl sites for hydroxylation is 1. The van der Waals surface area contributed by atoms with Crippen LogP contribution in [0.1, 0.15) is 45.2 Å². The van der Waals surface area contributed by atoms with E-state index in [4.69, 9.17) is 14.5 Å². The lowest BCUT2D eigenvalue weighted by Crippen LogP contribution is -2.37. The zero-order valence-corrected chi connectivity index (χ0v) is 18.4. The number of nitrogens with one attached hydrogen (secondary N) is 1. The molecule has 1 fully saturated rings. The molecular weight excluding hydrogens is 398 g/mol. The van der Waals surface area contributed by atoms with Crippen LogP contribution in [0.15, 0.2) is 35.7 Å². The number of H-pyrrole nitrogens is 1. The molecule has 0 aliphatic carbocycles. The Kier molecular flexibility index (Phi) is 6.32. The molecular formula is C23H27N3O3S. The molecule has 1 unspecified atom stereocenters. The number of carbonyl (C=O) groups excluding carboxylic acids is 1. The third-order valence-electron chi connectivity index (χ3n) is 5.37. The molecule has 1 saturated heterocycles. The molecule has 4 rings (SSSR count). The van der Waals surface area contributed by atoms with E-state index < -0.39 is 0 Å². The minimum Gasteiger partial charge on any atom is -0.462 e. The fourth-order valence-electron chi connectivity index (χ4n) is 3.90. The van der Waals surface area contributed by atoms with E-state index in [1.54, 1.807) is 11.3 Å². The Morgan fingerprint density at radius 3 is 2.90 bits per heavy atom. The summed E-state index contributed by atoms with van der Waals surface area (Å²) in [6.45, 7) is 9.34. The van der Waals surface area contributed by atoms with Crippen LogP contribution in [-0.2, 0) is 16.0 Å². The summed E-state index contributed by atoms with van der Waals surface area (Å²) < 4.78 is 11.2. The predicted octanol–water partition coefficient (Wildman–Crippen LogP) is 4.51. The molecule has 3 heterocycles. The molecule has 30 heavy (non-hydrogen) atoms. The minimum atomic E-state index is -0.294. The number of morpholine rings is 1. The first kappa shape index (κ1) is 20.8. The summed E-state index contributed by atoms with van der Waals surface area (Å²) in [4.78, 5) is 22.9. The molecule has 0 saturated carbocycles. The van der Waals surface area contributed by atoms with Crippen molar-refractivity contribution in [3.05, 3.63) is 63.1 Å². The Morgan fingerprint density at radius 1 is 1.33 bits per heavy atom. The molecule has 0 amide bonds. The summed E-state index contributed by atoms with van der Waals surface area (Å²) in [5.74, 6) is -0.294. The van der Waals surface area contributed by atoms with Crippen LogP contribution >= 0.6 is 11.3 Å². The van der Waals surface area contributed by atoms with E-state index in [2.05, 4.69) is 34.1 Å². The number of hydrogen-bond acceptors (Lipinski definition) is 6. The summed E-state index contributed by atoms with van der Waals surface area (Å²) in [7, 11) is 0. The van der Waals surface area contributed by atoms with E-state index >= 15 is 0 Å². The fourth-order valence-corrected chi connectivity index (χ4v) is 4.75. The molecule has 1 aromatic carbocycles. The smallest absolute Gasteiger partial charge is 0.340 e. The second-order valence-electron chi connectivity index (χ2n) is 7.50. The highest BCUT2D eigenvalue weighted by atomic mass is 32.1. The monoisotopic (exact) mass is 425 g/mol. The van der Waals surface area contributed by atoms with Crippen LogP contribution < -0.4 is 0 Å². The summed E-state index contributed by atoms with van der Waals surface area (Å²) in [5, 5.41) is 2.99. The Labute approximate surface area is 180 Å².